The number of piperazine rings is 1. The number of hydrogen-bond acceptors (Lipinski definition) is 4. The maximum absolute atomic E-state index is 12.7. The number of quaternary nitrogens is 1. The van der Waals surface area contributed by atoms with Crippen LogP contribution in [-0.2, 0) is 6.18 Å². The van der Waals surface area contributed by atoms with Crippen LogP contribution < -0.4 is 24.3 Å². The maximum atomic E-state index is 12.7. The Hall–Kier alpha value is -2.81. The molecular weight excluding hydrogens is 387 g/mol. The number of rotatable bonds is 4. The molecule has 0 spiro atoms. The van der Waals surface area contributed by atoms with Gasteiger partial charge in [0.15, 0.2) is 11.5 Å². The first-order valence-electron chi connectivity index (χ1n) is 9.50. The number of aromatic amines is 1. The molecule has 0 unspecified atom stereocenters. The Morgan fingerprint density at radius 1 is 1.07 bits per heavy atom. The summed E-state index contributed by atoms with van der Waals surface area (Å²) >= 11 is 0. The number of fused-ring (bicyclic) bond motifs is 1. The van der Waals surface area contributed by atoms with Gasteiger partial charge in [0.05, 0.1) is 5.56 Å². The molecule has 1 aromatic heterocycles. The van der Waals surface area contributed by atoms with Gasteiger partial charge in [-0.2, -0.15) is 13.2 Å². The fourth-order valence-electron chi connectivity index (χ4n) is 3.58. The zero-order valence-electron chi connectivity index (χ0n) is 15.7. The number of halogens is 3. The van der Waals surface area contributed by atoms with E-state index in [0.29, 0.717) is 55.7 Å². The highest BCUT2D eigenvalue weighted by atomic mass is 19.4. The van der Waals surface area contributed by atoms with Crippen LogP contribution in [0.25, 0.3) is 0 Å². The molecule has 3 heterocycles. The molecule has 2 aliphatic rings. The summed E-state index contributed by atoms with van der Waals surface area (Å²) in [4.78, 5) is 18.5. The lowest BCUT2D eigenvalue weighted by Crippen LogP contribution is -3.15. The first-order valence-corrected chi connectivity index (χ1v) is 9.50. The summed E-state index contributed by atoms with van der Waals surface area (Å²) in [5.41, 5.74) is -0.101. The third-order valence-electron chi connectivity index (χ3n) is 5.21. The van der Waals surface area contributed by atoms with Crippen molar-refractivity contribution < 1.29 is 37.3 Å². The summed E-state index contributed by atoms with van der Waals surface area (Å²) in [7, 11) is 0. The Kier molecular flexibility index (Phi) is 5.31. The van der Waals surface area contributed by atoms with Crippen LogP contribution in [0.3, 0.4) is 0 Å². The van der Waals surface area contributed by atoms with Crippen LogP contribution in [0.4, 0.5) is 19.0 Å². The average molecular weight is 409 g/mol. The highest BCUT2D eigenvalue weighted by molar-refractivity contribution is 5.97. The monoisotopic (exact) mass is 409 g/mol. The summed E-state index contributed by atoms with van der Waals surface area (Å²) in [5.74, 6) is 1.93. The minimum absolute atomic E-state index is 0.0338. The molecule has 2 N–H and O–H groups in total. The van der Waals surface area contributed by atoms with Crippen molar-refractivity contribution in [2.24, 2.45) is 0 Å². The van der Waals surface area contributed by atoms with Crippen molar-refractivity contribution in [1.82, 2.24) is 0 Å². The van der Waals surface area contributed by atoms with Gasteiger partial charge in [-0.25, -0.2) is 4.98 Å². The standard InChI is InChI=1S/C20H20F3N3O3/c21-20(22,23)15-2-4-19(24-12-15)26-7-5-25(6-8-26)13-16(27)14-1-3-17-18(11-14)29-10-9-28-17/h1-4,11-12H,5-10,13H2/p+2. The van der Waals surface area contributed by atoms with Crippen molar-refractivity contribution in [3.63, 3.8) is 0 Å². The number of nitrogens with zero attached hydrogens (tertiary/aromatic N) is 1. The molecular formula is C20H22F3N3O3+2. The van der Waals surface area contributed by atoms with Crippen molar-refractivity contribution >= 4 is 11.6 Å². The maximum Gasteiger partial charge on any atom is 0.419 e. The number of H-pyrrole nitrogens is 1. The molecule has 29 heavy (non-hydrogen) atoms. The van der Waals surface area contributed by atoms with Gasteiger partial charge >= 0.3 is 6.18 Å². The highest BCUT2D eigenvalue weighted by Gasteiger charge is 2.33. The van der Waals surface area contributed by atoms with Crippen LogP contribution in [0.2, 0.25) is 0 Å². The van der Waals surface area contributed by atoms with E-state index in [1.165, 1.54) is 6.07 Å². The van der Waals surface area contributed by atoms with E-state index >= 15 is 0 Å². The summed E-state index contributed by atoms with van der Waals surface area (Å²) in [6.07, 6.45) is -3.37. The van der Waals surface area contributed by atoms with Gasteiger partial charge in [0.1, 0.15) is 52.1 Å². The minimum atomic E-state index is -4.36. The summed E-state index contributed by atoms with van der Waals surface area (Å²) in [6.45, 7) is 4.11. The molecule has 1 saturated heterocycles. The van der Waals surface area contributed by atoms with Crippen LogP contribution in [0.1, 0.15) is 15.9 Å². The Balaban J connectivity index is 1.32. The summed E-state index contributed by atoms with van der Waals surface area (Å²) < 4.78 is 49.1. The average Bonchev–Trinajstić information content (AvgIpc) is 2.73. The van der Waals surface area contributed by atoms with Gasteiger partial charge in [-0.1, -0.05) is 0 Å². The number of aromatic nitrogens is 1. The normalized spacial score (nSPS) is 17.3. The number of Topliss-reactive ketones (excluding diaryl/α,β-unsaturated/α-hetero) is 1. The first kappa shape index (κ1) is 19.5. The van der Waals surface area contributed by atoms with Gasteiger partial charge in [0.2, 0.25) is 5.78 Å². The van der Waals surface area contributed by atoms with Crippen LogP contribution in [0, 0.1) is 0 Å². The van der Waals surface area contributed by atoms with Gasteiger partial charge in [0.25, 0.3) is 5.82 Å². The molecule has 2 aromatic rings. The van der Waals surface area contributed by atoms with Crippen LogP contribution >= 0.6 is 0 Å². The molecule has 9 heteroatoms. The second-order valence-corrected chi connectivity index (χ2v) is 7.16. The number of pyridine rings is 1. The Bertz CT molecular complexity index is 879. The quantitative estimate of drug-likeness (QED) is 0.762. The SMILES string of the molecule is O=C(C[NH+]1CCN(c2ccc(C(F)(F)F)c[nH+]2)CC1)c1ccc2c(c1)OCCO2. The zero-order valence-corrected chi connectivity index (χ0v) is 15.7. The third-order valence-corrected chi connectivity index (χ3v) is 5.21. The topological polar surface area (TPSA) is 57.4 Å². The zero-order chi connectivity index (χ0) is 20.4. The fourth-order valence-corrected chi connectivity index (χ4v) is 3.58. The van der Waals surface area contributed by atoms with Gasteiger partial charge < -0.3 is 14.4 Å². The molecule has 0 aliphatic carbocycles. The molecule has 0 saturated carbocycles. The Labute approximate surface area is 165 Å². The minimum Gasteiger partial charge on any atom is -0.486 e. The predicted molar refractivity (Wildman–Crippen MR) is 97.5 cm³/mol. The van der Waals surface area contributed by atoms with E-state index in [9.17, 15) is 18.0 Å². The van der Waals surface area contributed by atoms with Crippen molar-refractivity contribution in [2.75, 3.05) is 50.8 Å². The number of anilines is 1. The highest BCUT2D eigenvalue weighted by Crippen LogP contribution is 2.31. The van der Waals surface area contributed by atoms with Crippen LogP contribution in [0.15, 0.2) is 36.5 Å². The summed E-state index contributed by atoms with van der Waals surface area (Å²) in [5, 5.41) is 0. The lowest BCUT2D eigenvalue weighted by Gasteiger charge is -2.28. The van der Waals surface area contributed by atoms with E-state index in [1.807, 2.05) is 4.90 Å². The van der Waals surface area contributed by atoms with Crippen LogP contribution in [-0.4, -0.2) is 51.7 Å². The lowest BCUT2D eigenvalue weighted by molar-refractivity contribution is -0.892. The molecule has 6 nitrogen and oxygen atoms in total. The fraction of sp³-hybridized carbons (Fsp3) is 0.400. The van der Waals surface area contributed by atoms with E-state index < -0.39 is 11.7 Å². The molecule has 0 bridgehead atoms. The lowest BCUT2D eigenvalue weighted by atomic mass is 10.1. The van der Waals surface area contributed by atoms with Gasteiger partial charge in [-0.05, 0) is 24.3 Å². The first-order chi connectivity index (χ1) is 13.9. The van der Waals surface area contributed by atoms with E-state index in [1.54, 1.807) is 18.2 Å². The number of alkyl halides is 3. The smallest absolute Gasteiger partial charge is 0.419 e. The third kappa shape index (κ3) is 4.45. The molecule has 4 rings (SSSR count). The van der Waals surface area contributed by atoms with E-state index in [0.717, 1.165) is 30.3 Å². The summed E-state index contributed by atoms with van der Waals surface area (Å²) in [6, 6.07) is 7.77. The molecule has 154 valence electrons. The van der Waals surface area contributed by atoms with Crippen molar-refractivity contribution in [2.45, 2.75) is 6.18 Å². The van der Waals surface area contributed by atoms with E-state index in [2.05, 4.69) is 4.98 Å². The number of carbonyl (C=O) groups excluding carboxylic acids is 1. The van der Waals surface area contributed by atoms with E-state index in [4.69, 9.17) is 9.47 Å². The molecule has 0 amide bonds. The Morgan fingerprint density at radius 3 is 2.45 bits per heavy atom. The van der Waals surface area contributed by atoms with Crippen molar-refractivity contribution in [1.29, 1.82) is 0 Å². The second-order valence-electron chi connectivity index (χ2n) is 7.16. The Morgan fingerprint density at radius 2 is 1.79 bits per heavy atom. The van der Waals surface area contributed by atoms with Crippen molar-refractivity contribution in [3.05, 3.63) is 47.7 Å². The number of nitrogens with one attached hydrogen (secondary N) is 2. The molecule has 0 atom stereocenters. The second kappa shape index (κ2) is 7.90. The largest absolute Gasteiger partial charge is 0.486 e. The molecule has 1 fully saturated rings. The van der Waals surface area contributed by atoms with Crippen LogP contribution in [0.5, 0.6) is 11.5 Å². The van der Waals surface area contributed by atoms with Crippen molar-refractivity contribution in [3.8, 4) is 11.5 Å². The van der Waals surface area contributed by atoms with Gasteiger partial charge in [0, 0.05) is 11.6 Å². The number of benzene rings is 1. The van der Waals surface area contributed by atoms with Gasteiger partial charge in [-0.3, -0.25) is 9.69 Å². The number of ketones is 1. The van der Waals surface area contributed by atoms with Gasteiger partial charge in [-0.15, -0.1) is 0 Å². The number of ether oxygens (including phenoxy) is 2. The molecule has 2 aliphatic heterocycles. The number of carbonyl (C=O) groups is 1. The number of hydrogen-bond donors (Lipinski definition) is 1. The predicted octanol–water partition coefficient (Wildman–Crippen LogP) is 0.878. The molecule has 1 aromatic carbocycles. The van der Waals surface area contributed by atoms with E-state index in [-0.39, 0.29) is 5.78 Å². The molecule has 0 radical (unpaired) electrons.